The fourth-order valence-electron chi connectivity index (χ4n) is 1.42. The second-order valence-corrected chi connectivity index (χ2v) is 3.94. The predicted octanol–water partition coefficient (Wildman–Crippen LogP) is 3.05. The smallest absolute Gasteiger partial charge is 0.0901 e. The van der Waals surface area contributed by atoms with Crippen molar-refractivity contribution in [2.45, 2.75) is 0 Å². The van der Waals surface area contributed by atoms with Crippen molar-refractivity contribution in [3.63, 3.8) is 0 Å². The average molecular weight is 265 g/mol. The molecule has 0 amide bonds. The van der Waals surface area contributed by atoms with Crippen LogP contribution in [0.3, 0.4) is 0 Å². The Morgan fingerprint density at radius 2 is 2.13 bits per heavy atom. The van der Waals surface area contributed by atoms with E-state index in [2.05, 4.69) is 21.1 Å². The van der Waals surface area contributed by atoms with Crippen LogP contribution in [0.25, 0.3) is 5.69 Å². The standard InChI is InChI=1S/C11H9BrN2O/c12-9-3-1-4-10(7-9)14-6-2-5-11(14)8-13-15/h1-8,15H. The number of oxime groups is 1. The molecule has 0 aliphatic carbocycles. The molecule has 0 saturated heterocycles. The highest BCUT2D eigenvalue weighted by Gasteiger charge is 2.01. The van der Waals surface area contributed by atoms with Gasteiger partial charge < -0.3 is 9.77 Å². The van der Waals surface area contributed by atoms with Crippen LogP contribution in [0, 0.1) is 0 Å². The highest BCUT2D eigenvalue weighted by molar-refractivity contribution is 9.10. The minimum atomic E-state index is 0.829. The Bertz CT molecular complexity index is 491. The summed E-state index contributed by atoms with van der Waals surface area (Å²) in [5, 5.41) is 11.5. The summed E-state index contributed by atoms with van der Waals surface area (Å²) in [5.41, 5.74) is 1.85. The summed E-state index contributed by atoms with van der Waals surface area (Å²) in [5.74, 6) is 0. The molecule has 2 rings (SSSR count). The van der Waals surface area contributed by atoms with Crippen molar-refractivity contribution in [2.24, 2.45) is 5.16 Å². The van der Waals surface area contributed by atoms with Gasteiger partial charge in [-0.25, -0.2) is 0 Å². The van der Waals surface area contributed by atoms with Gasteiger partial charge in [0.05, 0.1) is 11.9 Å². The van der Waals surface area contributed by atoms with Crippen molar-refractivity contribution < 1.29 is 5.21 Å². The summed E-state index contributed by atoms with van der Waals surface area (Å²) >= 11 is 3.41. The van der Waals surface area contributed by atoms with Gasteiger partial charge in [0.25, 0.3) is 0 Å². The van der Waals surface area contributed by atoms with Crippen LogP contribution in [0.4, 0.5) is 0 Å². The van der Waals surface area contributed by atoms with E-state index in [1.807, 2.05) is 47.2 Å². The molecule has 0 aliphatic heterocycles. The maximum absolute atomic E-state index is 8.51. The minimum Gasteiger partial charge on any atom is -0.411 e. The molecule has 76 valence electrons. The lowest BCUT2D eigenvalue weighted by Gasteiger charge is -2.05. The highest BCUT2D eigenvalue weighted by Crippen LogP contribution is 2.17. The Morgan fingerprint density at radius 1 is 1.27 bits per heavy atom. The van der Waals surface area contributed by atoms with Gasteiger partial charge in [0.2, 0.25) is 0 Å². The van der Waals surface area contributed by atoms with Crippen LogP contribution in [-0.4, -0.2) is 16.0 Å². The Labute approximate surface area is 95.8 Å². The molecule has 3 nitrogen and oxygen atoms in total. The molecular formula is C11H9BrN2O. The van der Waals surface area contributed by atoms with Gasteiger partial charge in [0.1, 0.15) is 0 Å². The summed E-state index contributed by atoms with van der Waals surface area (Å²) in [7, 11) is 0. The van der Waals surface area contributed by atoms with E-state index in [0.717, 1.165) is 15.9 Å². The normalized spacial score (nSPS) is 11.0. The molecule has 0 fully saturated rings. The third kappa shape index (κ3) is 2.10. The van der Waals surface area contributed by atoms with Crippen molar-refractivity contribution in [1.82, 2.24) is 4.57 Å². The number of hydrogen-bond acceptors (Lipinski definition) is 2. The topological polar surface area (TPSA) is 37.5 Å². The second kappa shape index (κ2) is 4.31. The van der Waals surface area contributed by atoms with Crippen LogP contribution in [0.2, 0.25) is 0 Å². The van der Waals surface area contributed by atoms with Crippen LogP contribution in [0.15, 0.2) is 52.2 Å². The SMILES string of the molecule is ON=Cc1cccn1-c1cccc(Br)c1. The van der Waals surface area contributed by atoms with Crippen LogP contribution in [0.5, 0.6) is 0 Å². The lowest BCUT2D eigenvalue weighted by atomic mass is 10.3. The monoisotopic (exact) mass is 264 g/mol. The molecule has 1 aromatic heterocycles. The largest absolute Gasteiger partial charge is 0.411 e. The maximum Gasteiger partial charge on any atom is 0.0901 e. The third-order valence-electron chi connectivity index (χ3n) is 2.06. The molecule has 4 heteroatoms. The van der Waals surface area contributed by atoms with Crippen molar-refractivity contribution >= 4 is 22.1 Å². The van der Waals surface area contributed by atoms with E-state index in [0.29, 0.717) is 0 Å². The van der Waals surface area contributed by atoms with Gasteiger partial charge >= 0.3 is 0 Å². The molecule has 1 heterocycles. The van der Waals surface area contributed by atoms with Gasteiger partial charge in [-0.3, -0.25) is 0 Å². The number of rotatable bonds is 2. The average Bonchev–Trinajstić information content (AvgIpc) is 2.66. The van der Waals surface area contributed by atoms with Crippen LogP contribution in [-0.2, 0) is 0 Å². The zero-order valence-electron chi connectivity index (χ0n) is 7.84. The molecule has 0 saturated carbocycles. The van der Waals surface area contributed by atoms with Crippen molar-refractivity contribution in [3.05, 3.63) is 52.8 Å². The van der Waals surface area contributed by atoms with Gasteiger partial charge in [-0.2, -0.15) is 0 Å². The van der Waals surface area contributed by atoms with Crippen molar-refractivity contribution in [2.75, 3.05) is 0 Å². The molecule has 0 unspecified atom stereocenters. The summed E-state index contributed by atoms with van der Waals surface area (Å²) in [6.45, 7) is 0. The van der Waals surface area contributed by atoms with Gasteiger partial charge in [0.15, 0.2) is 0 Å². The number of aromatic nitrogens is 1. The van der Waals surface area contributed by atoms with Gasteiger partial charge in [-0.05, 0) is 30.3 Å². The summed E-state index contributed by atoms with van der Waals surface area (Å²) in [4.78, 5) is 0. The van der Waals surface area contributed by atoms with Gasteiger partial charge in [-0.15, -0.1) is 0 Å². The fourth-order valence-corrected chi connectivity index (χ4v) is 1.81. The zero-order valence-corrected chi connectivity index (χ0v) is 9.42. The molecular weight excluding hydrogens is 256 g/mol. The van der Waals surface area contributed by atoms with Crippen molar-refractivity contribution in [3.8, 4) is 5.69 Å². The van der Waals surface area contributed by atoms with Crippen LogP contribution >= 0.6 is 15.9 Å². The maximum atomic E-state index is 8.51. The predicted molar refractivity (Wildman–Crippen MR) is 62.8 cm³/mol. The molecule has 15 heavy (non-hydrogen) atoms. The Balaban J connectivity index is 2.49. The highest BCUT2D eigenvalue weighted by atomic mass is 79.9. The van der Waals surface area contributed by atoms with E-state index in [4.69, 9.17) is 5.21 Å². The fraction of sp³-hybridized carbons (Fsp3) is 0. The van der Waals surface area contributed by atoms with Crippen LogP contribution < -0.4 is 0 Å². The van der Waals surface area contributed by atoms with E-state index in [1.54, 1.807) is 0 Å². The first-order chi connectivity index (χ1) is 7.31. The zero-order chi connectivity index (χ0) is 10.7. The first kappa shape index (κ1) is 9.98. The molecule has 0 radical (unpaired) electrons. The minimum absolute atomic E-state index is 0.829. The van der Waals surface area contributed by atoms with Gasteiger partial charge in [-0.1, -0.05) is 27.2 Å². The number of benzene rings is 1. The molecule has 1 aromatic carbocycles. The Kier molecular flexibility index (Phi) is 2.87. The third-order valence-corrected chi connectivity index (χ3v) is 2.55. The van der Waals surface area contributed by atoms with E-state index in [1.165, 1.54) is 6.21 Å². The molecule has 2 aromatic rings. The van der Waals surface area contributed by atoms with Crippen LogP contribution in [0.1, 0.15) is 5.69 Å². The summed E-state index contributed by atoms with van der Waals surface area (Å²) in [6.07, 6.45) is 3.32. The first-order valence-electron chi connectivity index (χ1n) is 4.42. The summed E-state index contributed by atoms with van der Waals surface area (Å²) in [6, 6.07) is 11.7. The van der Waals surface area contributed by atoms with E-state index >= 15 is 0 Å². The van der Waals surface area contributed by atoms with E-state index < -0.39 is 0 Å². The molecule has 0 spiro atoms. The first-order valence-corrected chi connectivity index (χ1v) is 5.21. The Morgan fingerprint density at radius 3 is 2.87 bits per heavy atom. The molecule has 1 N–H and O–H groups in total. The number of nitrogens with zero attached hydrogens (tertiary/aromatic N) is 2. The van der Waals surface area contributed by atoms with Gasteiger partial charge in [0, 0.05) is 16.4 Å². The number of hydrogen-bond donors (Lipinski definition) is 1. The lowest BCUT2D eigenvalue weighted by Crippen LogP contribution is -1.97. The van der Waals surface area contributed by atoms with E-state index in [9.17, 15) is 0 Å². The summed E-state index contributed by atoms with van der Waals surface area (Å²) < 4.78 is 2.95. The van der Waals surface area contributed by atoms with Crippen molar-refractivity contribution in [1.29, 1.82) is 0 Å². The van der Waals surface area contributed by atoms with E-state index in [-0.39, 0.29) is 0 Å². The second-order valence-electron chi connectivity index (χ2n) is 3.03. The molecule has 0 bridgehead atoms. The lowest BCUT2D eigenvalue weighted by molar-refractivity contribution is 0.321. The quantitative estimate of drug-likeness (QED) is 0.505. The Hall–Kier alpha value is -1.55. The number of halogens is 1. The molecule has 0 atom stereocenters. The molecule has 0 aliphatic rings.